The van der Waals surface area contributed by atoms with E-state index < -0.39 is 10.8 Å². The maximum atomic E-state index is 10.8. The van der Waals surface area contributed by atoms with Crippen LogP contribution in [0.5, 0.6) is 0 Å². The van der Waals surface area contributed by atoms with Crippen molar-refractivity contribution >= 4 is 32.5 Å². The standard InChI is InChI=1S/C9H14BrN3OS/c1-7-12-8(10)6-9(13-7)11-4-3-5-15(2)14/h6H,3-5H2,1-2H3,(H,11,12,13). The normalized spacial score (nSPS) is 12.5. The molecule has 0 saturated carbocycles. The van der Waals surface area contributed by atoms with E-state index in [-0.39, 0.29) is 0 Å². The SMILES string of the molecule is Cc1nc(Br)cc(NCCCS(C)=O)n1. The Bertz CT molecular complexity index is 339. The van der Waals surface area contributed by atoms with Crippen molar-refractivity contribution in [3.05, 3.63) is 16.5 Å². The van der Waals surface area contributed by atoms with Crippen molar-refractivity contribution in [1.82, 2.24) is 9.97 Å². The van der Waals surface area contributed by atoms with Crippen molar-refractivity contribution in [3.63, 3.8) is 0 Å². The second kappa shape index (κ2) is 6.17. The van der Waals surface area contributed by atoms with Crippen molar-refractivity contribution < 1.29 is 4.21 Å². The highest BCUT2D eigenvalue weighted by Crippen LogP contribution is 2.11. The molecular formula is C9H14BrN3OS. The first-order valence-corrected chi connectivity index (χ1v) is 7.15. The van der Waals surface area contributed by atoms with Crippen molar-refractivity contribution in [2.75, 3.05) is 23.9 Å². The summed E-state index contributed by atoms with van der Waals surface area (Å²) >= 11 is 3.31. The Labute approximate surface area is 100 Å². The van der Waals surface area contributed by atoms with Crippen LogP contribution in [-0.4, -0.2) is 32.7 Å². The van der Waals surface area contributed by atoms with Crippen LogP contribution in [0.2, 0.25) is 0 Å². The fourth-order valence-corrected chi connectivity index (χ4v) is 2.14. The van der Waals surface area contributed by atoms with E-state index in [9.17, 15) is 4.21 Å². The zero-order valence-corrected chi connectivity index (χ0v) is 11.2. The highest BCUT2D eigenvalue weighted by molar-refractivity contribution is 9.10. The molecule has 0 spiro atoms. The van der Waals surface area contributed by atoms with Crippen LogP contribution in [0.15, 0.2) is 10.7 Å². The quantitative estimate of drug-likeness (QED) is 0.663. The van der Waals surface area contributed by atoms with Crippen molar-refractivity contribution in [3.8, 4) is 0 Å². The minimum absolute atomic E-state index is 0.714. The van der Waals surface area contributed by atoms with Crippen LogP contribution < -0.4 is 5.32 Å². The number of hydrogen-bond acceptors (Lipinski definition) is 4. The summed E-state index contributed by atoms with van der Waals surface area (Å²) in [6, 6.07) is 1.83. The summed E-state index contributed by atoms with van der Waals surface area (Å²) in [5.74, 6) is 2.25. The molecule has 1 unspecified atom stereocenters. The van der Waals surface area contributed by atoms with Gasteiger partial charge in [-0.15, -0.1) is 0 Å². The lowest BCUT2D eigenvalue weighted by atomic mass is 10.4. The van der Waals surface area contributed by atoms with Crippen molar-refractivity contribution in [2.45, 2.75) is 13.3 Å². The third-order valence-corrected chi connectivity index (χ3v) is 2.99. The summed E-state index contributed by atoms with van der Waals surface area (Å²) in [5, 5.41) is 3.17. The first-order chi connectivity index (χ1) is 7.08. The first kappa shape index (κ1) is 12.6. The van der Waals surface area contributed by atoms with Crippen LogP contribution in [0.3, 0.4) is 0 Å². The molecular weight excluding hydrogens is 278 g/mol. The molecule has 1 aromatic heterocycles. The average molecular weight is 292 g/mol. The highest BCUT2D eigenvalue weighted by Gasteiger charge is 1.99. The third-order valence-electron chi connectivity index (χ3n) is 1.72. The molecule has 0 aliphatic rings. The monoisotopic (exact) mass is 291 g/mol. The van der Waals surface area contributed by atoms with E-state index in [0.717, 1.165) is 35.0 Å². The number of hydrogen-bond donors (Lipinski definition) is 1. The zero-order chi connectivity index (χ0) is 11.3. The summed E-state index contributed by atoms with van der Waals surface area (Å²) in [4.78, 5) is 8.33. The lowest BCUT2D eigenvalue weighted by molar-refractivity contribution is 0.685. The fraction of sp³-hybridized carbons (Fsp3) is 0.556. The minimum Gasteiger partial charge on any atom is -0.370 e. The molecule has 6 heteroatoms. The number of halogens is 1. The summed E-state index contributed by atoms with van der Waals surface area (Å²) in [6.07, 6.45) is 2.59. The molecule has 0 aromatic carbocycles. The number of aryl methyl sites for hydroxylation is 1. The van der Waals surface area contributed by atoms with Gasteiger partial charge in [0.2, 0.25) is 0 Å². The number of nitrogens with one attached hydrogen (secondary N) is 1. The molecule has 84 valence electrons. The molecule has 15 heavy (non-hydrogen) atoms. The topological polar surface area (TPSA) is 54.9 Å². The predicted molar refractivity (Wildman–Crippen MR) is 66.5 cm³/mol. The van der Waals surface area contributed by atoms with Gasteiger partial charge in [0.1, 0.15) is 16.2 Å². The smallest absolute Gasteiger partial charge is 0.130 e. The number of anilines is 1. The molecule has 1 heterocycles. The second-order valence-electron chi connectivity index (χ2n) is 3.18. The molecule has 1 aromatic rings. The first-order valence-electron chi connectivity index (χ1n) is 4.63. The summed E-state index contributed by atoms with van der Waals surface area (Å²) in [5.41, 5.74) is 0. The van der Waals surface area contributed by atoms with Crippen molar-refractivity contribution in [2.24, 2.45) is 0 Å². The van der Waals surface area contributed by atoms with Crippen LogP contribution >= 0.6 is 15.9 Å². The molecule has 1 rings (SSSR count). The number of rotatable bonds is 5. The fourth-order valence-electron chi connectivity index (χ4n) is 1.11. The molecule has 0 aliphatic carbocycles. The van der Waals surface area contributed by atoms with Gasteiger partial charge in [-0.25, -0.2) is 9.97 Å². The van der Waals surface area contributed by atoms with Gasteiger partial charge in [-0.3, -0.25) is 4.21 Å². The molecule has 0 amide bonds. The molecule has 1 N–H and O–H groups in total. The lowest BCUT2D eigenvalue weighted by Gasteiger charge is -2.05. The van der Waals surface area contributed by atoms with Gasteiger partial charge >= 0.3 is 0 Å². The Morgan fingerprint density at radius 2 is 2.27 bits per heavy atom. The zero-order valence-electron chi connectivity index (χ0n) is 8.79. The van der Waals surface area contributed by atoms with Gasteiger partial charge in [0.15, 0.2) is 0 Å². The van der Waals surface area contributed by atoms with E-state index in [2.05, 4.69) is 31.2 Å². The Hall–Kier alpha value is -0.490. The van der Waals surface area contributed by atoms with Crippen LogP contribution in [0, 0.1) is 6.92 Å². The largest absolute Gasteiger partial charge is 0.370 e. The highest BCUT2D eigenvalue weighted by atomic mass is 79.9. The summed E-state index contributed by atoms with van der Waals surface area (Å²) < 4.78 is 11.6. The molecule has 4 nitrogen and oxygen atoms in total. The Morgan fingerprint density at radius 1 is 1.53 bits per heavy atom. The van der Waals surface area contributed by atoms with Gasteiger partial charge in [-0.1, -0.05) is 0 Å². The average Bonchev–Trinajstić information content (AvgIpc) is 2.10. The predicted octanol–water partition coefficient (Wildman–Crippen LogP) is 1.73. The Balaban J connectivity index is 2.40. The molecule has 0 fully saturated rings. The van der Waals surface area contributed by atoms with Crippen LogP contribution in [0.25, 0.3) is 0 Å². The van der Waals surface area contributed by atoms with E-state index in [1.165, 1.54) is 0 Å². The second-order valence-corrected chi connectivity index (χ2v) is 5.55. The Morgan fingerprint density at radius 3 is 2.87 bits per heavy atom. The van der Waals surface area contributed by atoms with Gasteiger partial charge in [-0.05, 0) is 29.3 Å². The maximum absolute atomic E-state index is 10.8. The van der Waals surface area contributed by atoms with E-state index in [4.69, 9.17) is 0 Å². The van der Waals surface area contributed by atoms with Crippen LogP contribution in [-0.2, 0) is 10.8 Å². The van der Waals surface area contributed by atoms with Crippen molar-refractivity contribution in [1.29, 1.82) is 0 Å². The molecule has 0 radical (unpaired) electrons. The minimum atomic E-state index is -0.714. The lowest BCUT2D eigenvalue weighted by Crippen LogP contribution is -2.08. The number of nitrogens with zero attached hydrogens (tertiary/aromatic N) is 2. The van der Waals surface area contributed by atoms with Gasteiger partial charge in [0.25, 0.3) is 0 Å². The van der Waals surface area contributed by atoms with Gasteiger partial charge < -0.3 is 5.32 Å². The summed E-state index contributed by atoms with van der Waals surface area (Å²) in [7, 11) is -0.714. The van der Waals surface area contributed by atoms with E-state index in [0.29, 0.717) is 0 Å². The van der Waals surface area contributed by atoms with Crippen LogP contribution in [0.1, 0.15) is 12.2 Å². The molecule has 1 atom stereocenters. The third kappa shape index (κ3) is 5.22. The van der Waals surface area contributed by atoms with E-state index in [1.54, 1.807) is 6.26 Å². The molecule has 0 bridgehead atoms. The summed E-state index contributed by atoms with van der Waals surface area (Å²) in [6.45, 7) is 2.62. The molecule has 0 saturated heterocycles. The van der Waals surface area contributed by atoms with Gasteiger partial charge in [0.05, 0.1) is 0 Å². The van der Waals surface area contributed by atoms with E-state index >= 15 is 0 Å². The Kier molecular flexibility index (Phi) is 5.17. The van der Waals surface area contributed by atoms with Crippen LogP contribution in [0.4, 0.5) is 5.82 Å². The number of aromatic nitrogens is 2. The van der Waals surface area contributed by atoms with E-state index in [1.807, 2.05) is 13.0 Å². The van der Waals surface area contributed by atoms with Gasteiger partial charge in [-0.2, -0.15) is 0 Å². The van der Waals surface area contributed by atoms with Gasteiger partial charge in [0, 0.05) is 35.4 Å². The molecule has 0 aliphatic heterocycles. The maximum Gasteiger partial charge on any atom is 0.130 e.